The molecule has 0 spiro atoms. The lowest BCUT2D eigenvalue weighted by molar-refractivity contribution is -0.131. The molecule has 0 unspecified atom stereocenters. The van der Waals surface area contributed by atoms with Crippen LogP contribution in [0.2, 0.25) is 23.2 Å². The molecule has 3 saturated heterocycles. The van der Waals surface area contributed by atoms with Crippen LogP contribution in [-0.2, 0) is 22.2 Å². The highest BCUT2D eigenvalue weighted by atomic mass is 35.5. The first-order valence-electron chi connectivity index (χ1n) is 19.5. The number of fused-ring (bicyclic) bond motifs is 3. The molecule has 3 fully saturated rings. The van der Waals surface area contributed by atoms with Gasteiger partial charge in [-0.25, -0.2) is 15.4 Å². The second kappa shape index (κ2) is 15.6. The molecular formula is C41H52ClF2N7O3Si. The Morgan fingerprint density at radius 1 is 1.09 bits per heavy atom. The SMILES string of the molecule is [C-]#[N+]C[C@H]1CN(c2nc(OCC34CCCN3CCC4)nc3c2CCN(c2cccc4ccc(F)c(Cl)c24)C3)CCN1C(=O)/C(F)=C/CO[Si](C)(C)C(C)(C)C. The zero-order valence-corrected chi connectivity index (χ0v) is 34.4. The fourth-order valence-corrected chi connectivity index (χ4v) is 9.68. The van der Waals surface area contributed by atoms with E-state index in [0.29, 0.717) is 50.6 Å². The number of carbonyl (C=O) groups is 1. The minimum Gasteiger partial charge on any atom is -0.461 e. The van der Waals surface area contributed by atoms with Crippen LogP contribution < -0.4 is 14.5 Å². The molecule has 55 heavy (non-hydrogen) atoms. The van der Waals surface area contributed by atoms with Gasteiger partial charge < -0.3 is 28.7 Å². The molecule has 0 N–H and O–H groups in total. The van der Waals surface area contributed by atoms with Crippen molar-refractivity contribution in [1.82, 2.24) is 19.8 Å². The second-order valence-corrected chi connectivity index (χ2v) is 22.1. The van der Waals surface area contributed by atoms with Crippen LogP contribution in [0, 0.1) is 12.4 Å². The van der Waals surface area contributed by atoms with E-state index in [9.17, 15) is 9.18 Å². The first kappa shape index (κ1) is 39.4. The van der Waals surface area contributed by atoms with E-state index in [4.69, 9.17) is 37.3 Å². The van der Waals surface area contributed by atoms with Crippen molar-refractivity contribution in [3.63, 3.8) is 0 Å². The molecule has 3 aromatic rings. The van der Waals surface area contributed by atoms with E-state index in [-0.39, 0.29) is 35.3 Å². The lowest BCUT2D eigenvalue weighted by Gasteiger charge is -2.41. The van der Waals surface area contributed by atoms with Crippen molar-refractivity contribution in [2.24, 2.45) is 0 Å². The Bertz CT molecular complexity index is 2010. The van der Waals surface area contributed by atoms with Gasteiger partial charge in [-0.05, 0) is 86.9 Å². The number of amides is 1. The molecule has 10 nitrogen and oxygen atoms in total. The van der Waals surface area contributed by atoms with Crippen LogP contribution in [0.3, 0.4) is 0 Å². The third kappa shape index (κ3) is 7.80. The Morgan fingerprint density at radius 2 is 1.85 bits per heavy atom. The maximum atomic E-state index is 15.4. The van der Waals surface area contributed by atoms with E-state index < -0.39 is 31.9 Å². The average molecular weight is 792 g/mol. The van der Waals surface area contributed by atoms with Gasteiger partial charge in [0.15, 0.2) is 14.1 Å². The summed E-state index contributed by atoms with van der Waals surface area (Å²) in [6, 6.07) is 8.72. The fraction of sp³-hybridized carbons (Fsp3) is 0.561. The lowest BCUT2D eigenvalue weighted by atomic mass is 9.95. The summed E-state index contributed by atoms with van der Waals surface area (Å²) in [6.45, 7) is 22.9. The summed E-state index contributed by atoms with van der Waals surface area (Å²) in [6.07, 6.45) is 6.29. The molecule has 4 aliphatic heterocycles. The number of piperazine rings is 1. The van der Waals surface area contributed by atoms with Crippen molar-refractivity contribution in [3.8, 4) is 6.01 Å². The molecule has 2 aromatic carbocycles. The standard InChI is InChI=1S/C41H52ClF2N7O3Si/c1-40(2,3)55(5,6)54-23-15-32(44)38(52)51-22-21-49(25-29(51)24-45-4)37-30-14-20-48(34-11-7-10-28-12-13-31(43)36(42)35(28)34)26-33(30)46-39(47-37)53-27-41-16-8-18-50(41)19-9-17-41/h7,10-13,15,29H,8-9,14,16-27H2,1-3,5-6H3/b32-15-/t29-/m0/s1. The van der Waals surface area contributed by atoms with E-state index in [2.05, 4.69) is 53.4 Å². The number of hydrogen-bond donors (Lipinski definition) is 0. The number of aromatic nitrogens is 2. The lowest BCUT2D eigenvalue weighted by Crippen LogP contribution is -2.57. The van der Waals surface area contributed by atoms with E-state index in [1.807, 2.05) is 18.2 Å². The summed E-state index contributed by atoms with van der Waals surface area (Å²) in [7, 11) is -2.13. The zero-order valence-electron chi connectivity index (χ0n) is 32.6. The highest BCUT2D eigenvalue weighted by molar-refractivity contribution is 6.74. The Balaban J connectivity index is 1.16. The largest absolute Gasteiger partial charge is 0.461 e. The molecule has 0 aliphatic carbocycles. The number of benzene rings is 2. The molecule has 294 valence electrons. The molecule has 4 aliphatic rings. The fourth-order valence-electron chi connectivity index (χ4n) is 8.48. The second-order valence-electron chi connectivity index (χ2n) is 16.9. The number of ether oxygens (including phenoxy) is 1. The Kier molecular flexibility index (Phi) is 11.2. The normalized spacial score (nSPS) is 20.5. The van der Waals surface area contributed by atoms with Gasteiger partial charge in [0.25, 0.3) is 5.91 Å². The molecule has 0 bridgehead atoms. The molecule has 7 rings (SSSR count). The summed E-state index contributed by atoms with van der Waals surface area (Å²) in [5, 5.41) is 1.57. The van der Waals surface area contributed by atoms with E-state index in [1.54, 1.807) is 6.07 Å². The molecule has 0 saturated carbocycles. The maximum absolute atomic E-state index is 15.4. The topological polar surface area (TPSA) is 78.6 Å². The third-order valence-corrected chi connectivity index (χ3v) is 17.5. The maximum Gasteiger partial charge on any atom is 0.318 e. The van der Waals surface area contributed by atoms with Crippen LogP contribution in [0.4, 0.5) is 20.3 Å². The summed E-state index contributed by atoms with van der Waals surface area (Å²) in [4.78, 5) is 35.5. The number of hydrogen-bond acceptors (Lipinski definition) is 8. The molecule has 0 radical (unpaired) electrons. The predicted molar refractivity (Wildman–Crippen MR) is 215 cm³/mol. The number of rotatable bonds is 10. The van der Waals surface area contributed by atoms with Gasteiger partial charge in [-0.2, -0.15) is 9.97 Å². The van der Waals surface area contributed by atoms with Crippen LogP contribution >= 0.6 is 11.6 Å². The van der Waals surface area contributed by atoms with Gasteiger partial charge in [0.1, 0.15) is 24.3 Å². The predicted octanol–water partition coefficient (Wildman–Crippen LogP) is 7.80. The van der Waals surface area contributed by atoms with Gasteiger partial charge in [0, 0.05) is 42.8 Å². The van der Waals surface area contributed by atoms with E-state index in [1.165, 1.54) is 17.0 Å². The summed E-state index contributed by atoms with van der Waals surface area (Å²) in [5.74, 6) is -1.33. The van der Waals surface area contributed by atoms with Crippen molar-refractivity contribution in [3.05, 3.63) is 75.7 Å². The van der Waals surface area contributed by atoms with E-state index >= 15 is 4.39 Å². The Hall–Kier alpha value is -3.83. The van der Waals surface area contributed by atoms with Gasteiger partial charge >= 0.3 is 6.01 Å². The van der Waals surface area contributed by atoms with Crippen LogP contribution in [0.25, 0.3) is 15.6 Å². The summed E-state index contributed by atoms with van der Waals surface area (Å²) in [5.41, 5.74) is 2.60. The number of anilines is 2. The number of nitrogens with zero attached hydrogens (tertiary/aromatic N) is 7. The Morgan fingerprint density at radius 3 is 2.58 bits per heavy atom. The molecule has 5 heterocycles. The third-order valence-electron chi connectivity index (χ3n) is 12.6. The van der Waals surface area contributed by atoms with Crippen LogP contribution in [0.1, 0.15) is 57.7 Å². The molecule has 1 atom stereocenters. The van der Waals surface area contributed by atoms with Crippen molar-refractivity contribution in [2.45, 2.75) is 89.1 Å². The minimum atomic E-state index is -2.13. The van der Waals surface area contributed by atoms with Crippen LogP contribution in [0.15, 0.2) is 42.2 Å². The van der Waals surface area contributed by atoms with Crippen molar-refractivity contribution in [1.29, 1.82) is 0 Å². The van der Waals surface area contributed by atoms with Gasteiger partial charge in [-0.3, -0.25) is 9.69 Å². The first-order valence-corrected chi connectivity index (χ1v) is 22.8. The highest BCUT2D eigenvalue weighted by Crippen LogP contribution is 2.41. The van der Waals surface area contributed by atoms with Gasteiger partial charge in [-0.15, -0.1) is 0 Å². The average Bonchev–Trinajstić information content (AvgIpc) is 3.75. The van der Waals surface area contributed by atoms with Crippen LogP contribution in [0.5, 0.6) is 6.01 Å². The molecule has 14 heteroatoms. The zero-order chi connectivity index (χ0) is 39.1. The summed E-state index contributed by atoms with van der Waals surface area (Å²) >= 11 is 6.56. The van der Waals surface area contributed by atoms with Crippen molar-refractivity contribution >= 4 is 48.1 Å². The number of halogens is 3. The van der Waals surface area contributed by atoms with Crippen molar-refractivity contribution in [2.75, 3.05) is 68.8 Å². The Labute approximate surface area is 329 Å². The van der Waals surface area contributed by atoms with Gasteiger partial charge in [-0.1, -0.05) is 50.6 Å². The van der Waals surface area contributed by atoms with Gasteiger partial charge in [0.05, 0.1) is 29.4 Å². The van der Waals surface area contributed by atoms with Gasteiger partial charge in [0.2, 0.25) is 6.54 Å². The van der Waals surface area contributed by atoms with Crippen molar-refractivity contribution < 1.29 is 22.7 Å². The molecule has 1 aromatic heterocycles. The minimum absolute atomic E-state index is 0.00470. The number of carbonyl (C=O) groups excluding carboxylic acids is 1. The van der Waals surface area contributed by atoms with E-state index in [0.717, 1.165) is 66.9 Å². The quantitative estimate of drug-likeness (QED) is 0.117. The van der Waals surface area contributed by atoms with Crippen LogP contribution in [-0.4, -0.2) is 105 Å². The summed E-state index contributed by atoms with van der Waals surface area (Å²) < 4.78 is 42.8. The smallest absolute Gasteiger partial charge is 0.318 e. The molecule has 1 amide bonds. The first-order chi connectivity index (χ1) is 26.2. The monoisotopic (exact) mass is 791 g/mol. The molecular weight excluding hydrogens is 740 g/mol. The highest BCUT2D eigenvalue weighted by Gasteiger charge is 2.45.